The van der Waals surface area contributed by atoms with Gasteiger partial charge in [0.05, 0.1) is 28.7 Å². The predicted octanol–water partition coefficient (Wildman–Crippen LogP) is 4.30. The van der Waals surface area contributed by atoms with E-state index in [-0.39, 0.29) is 12.1 Å². The molecule has 1 unspecified atom stereocenters. The maximum Gasteiger partial charge on any atom is 0.417 e. The van der Waals surface area contributed by atoms with Gasteiger partial charge < -0.3 is 10.3 Å². The Morgan fingerprint density at radius 2 is 1.93 bits per heavy atom. The fourth-order valence-corrected chi connectivity index (χ4v) is 3.88. The average Bonchev–Trinajstić information content (AvgIpc) is 3.23. The first-order valence-corrected chi connectivity index (χ1v) is 9.65. The van der Waals surface area contributed by atoms with Gasteiger partial charge in [-0.05, 0) is 36.2 Å². The molecule has 0 bridgehead atoms. The molecule has 2 amide bonds. The Bertz CT molecular complexity index is 1130. The van der Waals surface area contributed by atoms with Crippen LogP contribution in [0.4, 0.5) is 18.9 Å². The maximum atomic E-state index is 13.1. The number of imide groups is 1. The summed E-state index contributed by atoms with van der Waals surface area (Å²) >= 11 is 5.62. The minimum atomic E-state index is -4.68. The van der Waals surface area contributed by atoms with E-state index in [1.54, 1.807) is 0 Å². The topological polar surface area (TPSA) is 65.2 Å². The van der Waals surface area contributed by atoms with E-state index >= 15 is 0 Å². The summed E-state index contributed by atoms with van der Waals surface area (Å²) in [4.78, 5) is 29.0. The molecule has 5 nitrogen and oxygen atoms in total. The van der Waals surface area contributed by atoms with Crippen molar-refractivity contribution in [2.45, 2.75) is 25.1 Å². The zero-order valence-corrected chi connectivity index (χ0v) is 16.3. The third kappa shape index (κ3) is 3.80. The number of benzene rings is 2. The van der Waals surface area contributed by atoms with E-state index in [1.807, 2.05) is 30.5 Å². The molecule has 2 heterocycles. The Morgan fingerprint density at radius 3 is 2.70 bits per heavy atom. The van der Waals surface area contributed by atoms with Crippen molar-refractivity contribution in [1.82, 2.24) is 10.3 Å². The van der Waals surface area contributed by atoms with Gasteiger partial charge in [0, 0.05) is 23.6 Å². The van der Waals surface area contributed by atoms with Gasteiger partial charge in [0.25, 0.3) is 5.91 Å². The van der Waals surface area contributed by atoms with Crippen molar-refractivity contribution in [1.29, 1.82) is 0 Å². The molecule has 1 saturated heterocycles. The van der Waals surface area contributed by atoms with Crippen molar-refractivity contribution >= 4 is 40.0 Å². The number of hydrogen-bond acceptors (Lipinski definition) is 3. The van der Waals surface area contributed by atoms with Crippen LogP contribution in [0.5, 0.6) is 0 Å². The number of aromatic nitrogens is 1. The van der Waals surface area contributed by atoms with Gasteiger partial charge in [0.1, 0.15) is 0 Å². The molecule has 1 fully saturated rings. The van der Waals surface area contributed by atoms with Crippen molar-refractivity contribution in [3.8, 4) is 0 Å². The monoisotopic (exact) mass is 435 g/mol. The second kappa shape index (κ2) is 7.77. The number of H-pyrrole nitrogens is 1. The molecule has 9 heteroatoms. The van der Waals surface area contributed by atoms with Crippen molar-refractivity contribution in [3.05, 3.63) is 64.8 Å². The standard InChI is InChI=1S/C21H17ClF3N3O2/c22-16-6-5-13(9-15(16)21(23,24)25)28-19(29)10-18(20(28)30)26-8-7-12-11-27-17-4-2-1-3-14(12)17/h1-6,9,11,18,26-27H,7-8,10H2. The SMILES string of the molecule is O=C1CC(NCCc2c[nH]c3ccccc23)C(=O)N1c1ccc(Cl)c(C(F)(F)F)c1. The average molecular weight is 436 g/mol. The number of halogens is 4. The number of carbonyl (C=O) groups is 2. The van der Waals surface area contributed by atoms with E-state index in [0.717, 1.165) is 33.5 Å². The highest BCUT2D eigenvalue weighted by Gasteiger charge is 2.41. The lowest BCUT2D eigenvalue weighted by atomic mass is 10.1. The molecule has 0 spiro atoms. The number of aromatic amines is 1. The number of anilines is 1. The molecule has 1 aliphatic rings. The molecular formula is C21H17ClF3N3O2. The summed E-state index contributed by atoms with van der Waals surface area (Å²) in [6, 6.07) is 10.0. The van der Waals surface area contributed by atoms with E-state index < -0.39 is 34.6 Å². The smallest absolute Gasteiger partial charge is 0.361 e. The molecule has 2 aromatic carbocycles. The van der Waals surface area contributed by atoms with Crippen LogP contribution in [-0.2, 0) is 22.2 Å². The zero-order chi connectivity index (χ0) is 21.5. The van der Waals surface area contributed by atoms with Gasteiger partial charge in [-0.3, -0.25) is 9.59 Å². The molecule has 3 aromatic rings. The van der Waals surface area contributed by atoms with Gasteiger partial charge in [-0.1, -0.05) is 29.8 Å². The van der Waals surface area contributed by atoms with E-state index in [0.29, 0.717) is 13.0 Å². The van der Waals surface area contributed by atoms with Gasteiger partial charge in [0.15, 0.2) is 0 Å². The summed E-state index contributed by atoms with van der Waals surface area (Å²) < 4.78 is 39.3. The van der Waals surface area contributed by atoms with Crippen LogP contribution in [-0.4, -0.2) is 29.4 Å². The third-order valence-electron chi connectivity index (χ3n) is 5.12. The quantitative estimate of drug-likeness (QED) is 0.587. The first kappa shape index (κ1) is 20.4. The second-order valence-corrected chi connectivity index (χ2v) is 7.46. The Morgan fingerprint density at radius 1 is 1.17 bits per heavy atom. The summed E-state index contributed by atoms with van der Waals surface area (Å²) in [7, 11) is 0. The minimum absolute atomic E-state index is 0.114. The van der Waals surface area contributed by atoms with E-state index in [4.69, 9.17) is 11.6 Å². The van der Waals surface area contributed by atoms with Crippen LogP contribution >= 0.6 is 11.6 Å². The Balaban J connectivity index is 1.45. The Kier molecular flexibility index (Phi) is 5.29. The van der Waals surface area contributed by atoms with Crippen LogP contribution in [0, 0.1) is 0 Å². The van der Waals surface area contributed by atoms with Crippen molar-refractivity contribution in [2.75, 3.05) is 11.4 Å². The van der Waals surface area contributed by atoms with Crippen molar-refractivity contribution < 1.29 is 22.8 Å². The summed E-state index contributed by atoms with van der Waals surface area (Å²) in [6.45, 7) is 0.438. The van der Waals surface area contributed by atoms with Gasteiger partial charge >= 0.3 is 6.18 Å². The first-order chi connectivity index (χ1) is 14.3. The Hall–Kier alpha value is -2.84. The number of rotatable bonds is 5. The second-order valence-electron chi connectivity index (χ2n) is 7.05. The maximum absolute atomic E-state index is 13.1. The number of amides is 2. The lowest BCUT2D eigenvalue weighted by Crippen LogP contribution is -2.39. The number of nitrogens with zero attached hydrogens (tertiary/aromatic N) is 1. The molecule has 0 radical (unpaired) electrons. The number of para-hydroxylation sites is 1. The number of nitrogens with one attached hydrogen (secondary N) is 2. The fourth-order valence-electron chi connectivity index (χ4n) is 3.65. The summed E-state index contributed by atoms with van der Waals surface area (Å²) in [6.07, 6.45) is -2.28. The highest BCUT2D eigenvalue weighted by molar-refractivity contribution is 6.31. The largest absolute Gasteiger partial charge is 0.417 e. The summed E-state index contributed by atoms with van der Waals surface area (Å²) in [5.41, 5.74) is 0.855. The van der Waals surface area contributed by atoms with Crippen LogP contribution in [0.25, 0.3) is 10.9 Å². The molecule has 0 saturated carbocycles. The van der Waals surface area contributed by atoms with Crippen LogP contribution < -0.4 is 10.2 Å². The van der Waals surface area contributed by atoms with Gasteiger partial charge in [-0.15, -0.1) is 0 Å². The lowest BCUT2D eigenvalue weighted by Gasteiger charge is -2.18. The first-order valence-electron chi connectivity index (χ1n) is 9.27. The van der Waals surface area contributed by atoms with E-state index in [2.05, 4.69) is 10.3 Å². The third-order valence-corrected chi connectivity index (χ3v) is 5.45. The van der Waals surface area contributed by atoms with Gasteiger partial charge in [-0.25, -0.2) is 4.90 Å². The molecule has 156 valence electrons. The molecule has 2 N–H and O–H groups in total. The van der Waals surface area contributed by atoms with Crippen LogP contribution in [0.1, 0.15) is 17.5 Å². The number of fused-ring (bicyclic) bond motifs is 1. The van der Waals surface area contributed by atoms with Crippen molar-refractivity contribution in [3.63, 3.8) is 0 Å². The Labute approximate surface area is 174 Å². The molecule has 1 aromatic heterocycles. The van der Waals surface area contributed by atoms with Crippen LogP contribution in [0.15, 0.2) is 48.7 Å². The highest BCUT2D eigenvalue weighted by atomic mass is 35.5. The summed E-state index contributed by atoms with van der Waals surface area (Å²) in [5.74, 6) is -1.13. The fraction of sp³-hybridized carbons (Fsp3) is 0.238. The molecule has 0 aliphatic carbocycles. The molecule has 4 rings (SSSR count). The van der Waals surface area contributed by atoms with Gasteiger partial charge in [-0.2, -0.15) is 13.2 Å². The highest BCUT2D eigenvalue weighted by Crippen LogP contribution is 2.37. The predicted molar refractivity (Wildman–Crippen MR) is 107 cm³/mol. The summed E-state index contributed by atoms with van der Waals surface area (Å²) in [5, 5.41) is 3.64. The number of alkyl halides is 3. The van der Waals surface area contributed by atoms with E-state index in [1.165, 1.54) is 6.07 Å². The normalized spacial score (nSPS) is 17.3. The van der Waals surface area contributed by atoms with Crippen molar-refractivity contribution in [2.24, 2.45) is 0 Å². The molecular weight excluding hydrogens is 419 g/mol. The van der Waals surface area contributed by atoms with E-state index in [9.17, 15) is 22.8 Å². The van der Waals surface area contributed by atoms with Crippen LogP contribution in [0.2, 0.25) is 5.02 Å². The molecule has 30 heavy (non-hydrogen) atoms. The minimum Gasteiger partial charge on any atom is -0.361 e. The van der Waals surface area contributed by atoms with Crippen LogP contribution in [0.3, 0.4) is 0 Å². The zero-order valence-electron chi connectivity index (χ0n) is 15.6. The molecule has 1 atom stereocenters. The van der Waals surface area contributed by atoms with Gasteiger partial charge in [0.2, 0.25) is 5.91 Å². The number of hydrogen-bond donors (Lipinski definition) is 2. The number of carbonyl (C=O) groups excluding carboxylic acids is 2. The molecule has 1 aliphatic heterocycles. The lowest BCUT2D eigenvalue weighted by molar-refractivity contribution is -0.137.